The van der Waals surface area contributed by atoms with E-state index in [0.29, 0.717) is 36.2 Å². The molecular weight excluding hydrogens is 337 g/mol. The summed E-state index contributed by atoms with van der Waals surface area (Å²) in [5.41, 5.74) is 1.98. The molecular formula is C17H21Cl2NO3. The number of nitrogens with one attached hydrogen (secondary N) is 1. The zero-order chi connectivity index (χ0) is 15.8. The average Bonchev–Trinajstić information content (AvgIpc) is 2.55. The molecule has 23 heavy (non-hydrogen) atoms. The van der Waals surface area contributed by atoms with Crippen molar-refractivity contribution in [3.8, 4) is 11.5 Å². The van der Waals surface area contributed by atoms with E-state index in [2.05, 4.69) is 5.32 Å². The number of ether oxygens (including phenoxy) is 2. The quantitative estimate of drug-likeness (QED) is 0.710. The van der Waals surface area contributed by atoms with E-state index in [1.165, 1.54) is 0 Å². The zero-order valence-corrected chi connectivity index (χ0v) is 14.5. The van der Waals surface area contributed by atoms with Crippen molar-refractivity contribution >= 4 is 24.0 Å². The molecule has 126 valence electrons. The molecule has 0 saturated carbocycles. The molecule has 0 aliphatic heterocycles. The van der Waals surface area contributed by atoms with Crippen LogP contribution in [0.1, 0.15) is 11.1 Å². The molecule has 4 nitrogen and oxygen atoms in total. The fourth-order valence-electron chi connectivity index (χ4n) is 2.02. The second-order valence-electron chi connectivity index (χ2n) is 4.77. The SMILES string of the molecule is COc1cc(CNCCO)c(Cl)cc1OCc1ccccc1.Cl. The summed E-state index contributed by atoms with van der Waals surface area (Å²) >= 11 is 6.28. The van der Waals surface area contributed by atoms with Gasteiger partial charge in [-0.2, -0.15) is 0 Å². The third kappa shape index (κ3) is 5.92. The molecule has 0 atom stereocenters. The van der Waals surface area contributed by atoms with E-state index < -0.39 is 0 Å². The number of hydrogen-bond acceptors (Lipinski definition) is 4. The third-order valence-corrected chi connectivity index (χ3v) is 3.53. The van der Waals surface area contributed by atoms with Gasteiger partial charge in [0, 0.05) is 24.2 Å². The van der Waals surface area contributed by atoms with Crippen LogP contribution in [0.2, 0.25) is 5.02 Å². The van der Waals surface area contributed by atoms with Gasteiger partial charge < -0.3 is 19.9 Å². The van der Waals surface area contributed by atoms with Crippen LogP contribution in [0.5, 0.6) is 11.5 Å². The van der Waals surface area contributed by atoms with Crippen LogP contribution in [0.25, 0.3) is 0 Å². The lowest BCUT2D eigenvalue weighted by Crippen LogP contribution is -2.17. The smallest absolute Gasteiger partial charge is 0.163 e. The Hall–Kier alpha value is -1.46. The van der Waals surface area contributed by atoms with Crippen molar-refractivity contribution < 1.29 is 14.6 Å². The number of rotatable bonds is 8. The van der Waals surface area contributed by atoms with Gasteiger partial charge in [0.05, 0.1) is 13.7 Å². The summed E-state index contributed by atoms with van der Waals surface area (Å²) in [4.78, 5) is 0. The first-order chi connectivity index (χ1) is 10.7. The highest BCUT2D eigenvalue weighted by Gasteiger charge is 2.10. The lowest BCUT2D eigenvalue weighted by molar-refractivity contribution is 0.284. The average molecular weight is 358 g/mol. The Morgan fingerprint density at radius 2 is 1.87 bits per heavy atom. The molecule has 0 fully saturated rings. The Bertz CT molecular complexity index is 594. The minimum Gasteiger partial charge on any atom is -0.493 e. The molecule has 2 aromatic carbocycles. The van der Waals surface area contributed by atoms with E-state index >= 15 is 0 Å². The third-order valence-electron chi connectivity index (χ3n) is 3.17. The first-order valence-electron chi connectivity index (χ1n) is 7.09. The van der Waals surface area contributed by atoms with E-state index in [1.807, 2.05) is 36.4 Å². The van der Waals surface area contributed by atoms with Gasteiger partial charge in [0.15, 0.2) is 11.5 Å². The van der Waals surface area contributed by atoms with Crippen LogP contribution in [-0.2, 0) is 13.2 Å². The van der Waals surface area contributed by atoms with Gasteiger partial charge in [-0.1, -0.05) is 41.9 Å². The highest BCUT2D eigenvalue weighted by atomic mass is 35.5. The topological polar surface area (TPSA) is 50.7 Å². The van der Waals surface area contributed by atoms with Crippen LogP contribution in [0.15, 0.2) is 42.5 Å². The van der Waals surface area contributed by atoms with Gasteiger partial charge in [0.1, 0.15) is 6.61 Å². The molecule has 0 radical (unpaired) electrons. The Labute approximate surface area is 147 Å². The first kappa shape index (κ1) is 19.6. The van der Waals surface area contributed by atoms with Crippen molar-refractivity contribution in [2.75, 3.05) is 20.3 Å². The number of aliphatic hydroxyl groups is 1. The second-order valence-corrected chi connectivity index (χ2v) is 5.18. The molecule has 0 heterocycles. The van der Waals surface area contributed by atoms with Crippen LogP contribution >= 0.6 is 24.0 Å². The molecule has 0 aromatic heterocycles. The maximum absolute atomic E-state index is 8.80. The fourth-order valence-corrected chi connectivity index (χ4v) is 2.24. The maximum atomic E-state index is 8.80. The van der Waals surface area contributed by atoms with Gasteiger partial charge in [-0.15, -0.1) is 12.4 Å². The summed E-state index contributed by atoms with van der Waals surface area (Å²) in [6, 6.07) is 13.5. The molecule has 0 saturated heterocycles. The van der Waals surface area contributed by atoms with Crippen LogP contribution < -0.4 is 14.8 Å². The minimum atomic E-state index is 0. The van der Waals surface area contributed by atoms with E-state index in [9.17, 15) is 0 Å². The number of benzene rings is 2. The molecule has 0 unspecified atom stereocenters. The van der Waals surface area contributed by atoms with E-state index in [-0.39, 0.29) is 19.0 Å². The van der Waals surface area contributed by atoms with Crippen molar-refractivity contribution in [1.29, 1.82) is 0 Å². The predicted octanol–water partition coefficient (Wildman–Crippen LogP) is 3.43. The largest absolute Gasteiger partial charge is 0.493 e. The highest BCUT2D eigenvalue weighted by Crippen LogP contribution is 2.33. The van der Waals surface area contributed by atoms with Crippen molar-refractivity contribution in [3.63, 3.8) is 0 Å². The van der Waals surface area contributed by atoms with Crippen LogP contribution in [0.4, 0.5) is 0 Å². The van der Waals surface area contributed by atoms with E-state index in [1.54, 1.807) is 13.2 Å². The molecule has 0 aliphatic rings. The number of methoxy groups -OCH3 is 1. The summed E-state index contributed by atoms with van der Waals surface area (Å²) < 4.78 is 11.2. The second kappa shape index (κ2) is 10.3. The van der Waals surface area contributed by atoms with Crippen molar-refractivity contribution in [2.45, 2.75) is 13.2 Å². The van der Waals surface area contributed by atoms with Crippen LogP contribution in [-0.4, -0.2) is 25.4 Å². The van der Waals surface area contributed by atoms with Crippen LogP contribution in [0.3, 0.4) is 0 Å². The monoisotopic (exact) mass is 357 g/mol. The van der Waals surface area contributed by atoms with Crippen molar-refractivity contribution in [2.24, 2.45) is 0 Å². The van der Waals surface area contributed by atoms with E-state index in [4.69, 9.17) is 26.2 Å². The molecule has 0 amide bonds. The van der Waals surface area contributed by atoms with Gasteiger partial charge in [-0.05, 0) is 17.2 Å². The number of halogens is 2. The molecule has 2 N–H and O–H groups in total. The summed E-state index contributed by atoms with van der Waals surface area (Å²) in [5, 5.41) is 12.5. The Balaban J connectivity index is 0.00000264. The highest BCUT2D eigenvalue weighted by molar-refractivity contribution is 6.31. The van der Waals surface area contributed by atoms with Crippen molar-refractivity contribution in [1.82, 2.24) is 5.32 Å². The Morgan fingerprint density at radius 1 is 1.13 bits per heavy atom. The van der Waals surface area contributed by atoms with Crippen LogP contribution in [0, 0.1) is 0 Å². The molecule has 0 bridgehead atoms. The molecule has 2 rings (SSSR count). The standard InChI is InChI=1S/C17H20ClNO3.ClH/c1-21-16-9-14(11-19-7-8-20)15(18)10-17(16)22-12-13-5-3-2-4-6-13;/h2-6,9-10,19-20H,7-8,11-12H2,1H3;1H. The zero-order valence-electron chi connectivity index (χ0n) is 12.9. The molecule has 0 spiro atoms. The maximum Gasteiger partial charge on any atom is 0.163 e. The first-order valence-corrected chi connectivity index (χ1v) is 7.47. The van der Waals surface area contributed by atoms with Gasteiger partial charge in [0.2, 0.25) is 0 Å². The lowest BCUT2D eigenvalue weighted by Gasteiger charge is -2.14. The van der Waals surface area contributed by atoms with Gasteiger partial charge in [-0.3, -0.25) is 0 Å². The van der Waals surface area contributed by atoms with Gasteiger partial charge in [-0.25, -0.2) is 0 Å². The number of hydrogen-bond donors (Lipinski definition) is 2. The Morgan fingerprint density at radius 3 is 2.52 bits per heavy atom. The van der Waals surface area contributed by atoms with Crippen molar-refractivity contribution in [3.05, 3.63) is 58.6 Å². The summed E-state index contributed by atoms with van der Waals surface area (Å²) in [6.45, 7) is 1.63. The summed E-state index contributed by atoms with van der Waals surface area (Å²) in [5.74, 6) is 1.25. The number of aliphatic hydroxyl groups excluding tert-OH is 1. The van der Waals surface area contributed by atoms with E-state index in [0.717, 1.165) is 11.1 Å². The Kier molecular flexibility index (Phi) is 8.81. The van der Waals surface area contributed by atoms with Gasteiger partial charge >= 0.3 is 0 Å². The fraction of sp³-hybridized carbons (Fsp3) is 0.294. The predicted molar refractivity (Wildman–Crippen MR) is 94.8 cm³/mol. The molecule has 2 aromatic rings. The van der Waals surface area contributed by atoms with Gasteiger partial charge in [0.25, 0.3) is 0 Å². The molecule has 6 heteroatoms. The lowest BCUT2D eigenvalue weighted by atomic mass is 10.2. The summed E-state index contributed by atoms with van der Waals surface area (Å²) in [6.07, 6.45) is 0. The molecule has 0 aliphatic carbocycles. The minimum absolute atomic E-state index is 0. The normalized spacial score (nSPS) is 10.0. The summed E-state index contributed by atoms with van der Waals surface area (Å²) in [7, 11) is 1.60.